The summed E-state index contributed by atoms with van der Waals surface area (Å²) in [6, 6.07) is 24.5. The van der Waals surface area contributed by atoms with Crippen molar-refractivity contribution in [1.82, 2.24) is 10.2 Å². The normalized spacial score (nSPS) is 11.7. The minimum atomic E-state index is -4.55. The van der Waals surface area contributed by atoms with E-state index < -0.39 is 39.3 Å². The lowest BCUT2D eigenvalue weighted by Gasteiger charge is -2.33. The van der Waals surface area contributed by atoms with E-state index >= 15 is 0 Å². The highest BCUT2D eigenvalue weighted by molar-refractivity contribution is 7.92. The number of ether oxygens (including phenoxy) is 1. The molecule has 2 amide bonds. The molecule has 0 aliphatic heterocycles. The Labute approximate surface area is 272 Å². The van der Waals surface area contributed by atoms with Crippen LogP contribution in [0.2, 0.25) is 5.02 Å². The number of sulfonamides is 1. The van der Waals surface area contributed by atoms with Gasteiger partial charge in [-0.3, -0.25) is 24.0 Å². The number of hydrogen-bond acceptors (Lipinski definition) is 7. The lowest BCUT2D eigenvalue weighted by molar-refractivity contribution is -0.385. The summed E-state index contributed by atoms with van der Waals surface area (Å²) in [5, 5.41) is 14.7. The van der Waals surface area contributed by atoms with Crippen LogP contribution in [-0.2, 0) is 32.6 Å². The minimum Gasteiger partial charge on any atom is -0.497 e. The van der Waals surface area contributed by atoms with Crippen molar-refractivity contribution in [2.45, 2.75) is 30.8 Å². The summed E-state index contributed by atoms with van der Waals surface area (Å²) in [5.41, 5.74) is 1.41. The average Bonchev–Trinajstić information content (AvgIpc) is 3.05. The number of nitro benzene ring substituents is 1. The van der Waals surface area contributed by atoms with Crippen LogP contribution < -0.4 is 14.4 Å². The van der Waals surface area contributed by atoms with Crippen LogP contribution in [0.4, 0.5) is 11.4 Å². The maximum absolute atomic E-state index is 14.4. The van der Waals surface area contributed by atoms with Gasteiger partial charge in [-0.05, 0) is 60.5 Å². The van der Waals surface area contributed by atoms with Gasteiger partial charge in [0.1, 0.15) is 18.3 Å². The average molecular weight is 665 g/mol. The molecule has 4 aromatic rings. The predicted octanol–water partition coefficient (Wildman–Crippen LogP) is 5.15. The SMILES string of the molecule is CNC(=O)C(Cc1ccccc1)N(Cc1cccc(Cl)c1)C(=O)CN(c1ccc(OC)cc1)S(=O)(=O)c1ccc(C)c([N+](=O)[O-])c1. The summed E-state index contributed by atoms with van der Waals surface area (Å²) in [6.07, 6.45) is 0.145. The first-order chi connectivity index (χ1) is 21.9. The van der Waals surface area contributed by atoms with Crippen molar-refractivity contribution in [3.63, 3.8) is 0 Å². The Kier molecular flexibility index (Phi) is 11.0. The molecule has 0 aromatic heterocycles. The molecule has 0 bridgehead atoms. The standard InChI is InChI=1S/C33H33ClN4O7S/c1-23-12-17-29(20-30(23)38(41)42)46(43,44)37(27-13-15-28(45-3)16-14-27)22-32(39)36(21-25-10-7-11-26(34)18-25)31(33(40)35-2)19-24-8-5-4-6-9-24/h4-18,20,31H,19,21-22H2,1-3H3,(H,35,40). The number of nitrogens with one attached hydrogen (secondary N) is 1. The van der Waals surface area contributed by atoms with Gasteiger partial charge in [0.2, 0.25) is 11.8 Å². The first kappa shape index (κ1) is 33.9. The highest BCUT2D eigenvalue weighted by Gasteiger charge is 2.35. The molecule has 46 heavy (non-hydrogen) atoms. The van der Waals surface area contributed by atoms with E-state index in [1.165, 1.54) is 62.4 Å². The number of carbonyl (C=O) groups is 2. The molecule has 11 nitrogen and oxygen atoms in total. The Hall–Kier alpha value is -4.94. The van der Waals surface area contributed by atoms with Gasteiger partial charge in [-0.2, -0.15) is 0 Å². The van der Waals surface area contributed by atoms with E-state index in [4.69, 9.17) is 16.3 Å². The van der Waals surface area contributed by atoms with Gasteiger partial charge in [0.25, 0.3) is 15.7 Å². The van der Waals surface area contributed by atoms with Crippen LogP contribution in [0.15, 0.2) is 102 Å². The molecule has 4 rings (SSSR count). The van der Waals surface area contributed by atoms with Gasteiger partial charge in [0, 0.05) is 36.7 Å². The lowest BCUT2D eigenvalue weighted by Crippen LogP contribution is -2.53. The fourth-order valence-electron chi connectivity index (χ4n) is 4.90. The van der Waals surface area contributed by atoms with Crippen molar-refractivity contribution in [2.24, 2.45) is 0 Å². The van der Waals surface area contributed by atoms with Crippen LogP contribution in [0.5, 0.6) is 5.75 Å². The van der Waals surface area contributed by atoms with Crippen molar-refractivity contribution >= 4 is 44.8 Å². The maximum atomic E-state index is 14.4. The Morgan fingerprint density at radius 2 is 1.63 bits per heavy atom. The van der Waals surface area contributed by atoms with Gasteiger partial charge in [0.15, 0.2) is 0 Å². The van der Waals surface area contributed by atoms with Crippen LogP contribution in [0.25, 0.3) is 0 Å². The maximum Gasteiger partial charge on any atom is 0.273 e. The van der Waals surface area contributed by atoms with Gasteiger partial charge >= 0.3 is 0 Å². The summed E-state index contributed by atoms with van der Waals surface area (Å²) < 4.78 is 34.5. The van der Waals surface area contributed by atoms with E-state index in [0.717, 1.165) is 15.9 Å². The molecule has 13 heteroatoms. The number of amides is 2. The summed E-state index contributed by atoms with van der Waals surface area (Å²) in [7, 11) is -1.63. The molecule has 0 spiro atoms. The van der Waals surface area contributed by atoms with E-state index in [-0.39, 0.29) is 34.8 Å². The number of halogens is 1. The molecule has 0 heterocycles. The fourth-order valence-corrected chi connectivity index (χ4v) is 6.55. The van der Waals surface area contributed by atoms with E-state index in [9.17, 15) is 28.1 Å². The number of carbonyl (C=O) groups excluding carboxylic acids is 2. The number of nitro groups is 1. The van der Waals surface area contributed by atoms with E-state index in [1.807, 2.05) is 30.3 Å². The number of hydrogen-bond donors (Lipinski definition) is 1. The van der Waals surface area contributed by atoms with E-state index in [0.29, 0.717) is 16.3 Å². The van der Waals surface area contributed by atoms with Crippen LogP contribution in [-0.4, -0.2) is 56.8 Å². The highest BCUT2D eigenvalue weighted by Crippen LogP contribution is 2.30. The van der Waals surface area contributed by atoms with Crippen LogP contribution in [0.1, 0.15) is 16.7 Å². The van der Waals surface area contributed by atoms with E-state index in [2.05, 4.69) is 5.32 Å². The molecule has 1 N–H and O–H groups in total. The number of rotatable bonds is 13. The third-order valence-electron chi connectivity index (χ3n) is 7.36. The molecule has 4 aromatic carbocycles. The van der Waals surface area contributed by atoms with E-state index in [1.54, 1.807) is 24.3 Å². The molecule has 240 valence electrons. The molecule has 0 saturated heterocycles. The highest BCUT2D eigenvalue weighted by atomic mass is 35.5. The number of nitrogens with zero attached hydrogens (tertiary/aromatic N) is 3. The molecular weight excluding hydrogens is 632 g/mol. The second-order valence-electron chi connectivity index (χ2n) is 10.4. The Bertz CT molecular complexity index is 1820. The van der Waals surface area contributed by atoms with Gasteiger partial charge in [-0.15, -0.1) is 0 Å². The summed E-state index contributed by atoms with van der Waals surface area (Å²) in [4.78, 5) is 39.7. The topological polar surface area (TPSA) is 139 Å². The molecule has 1 unspecified atom stereocenters. The summed E-state index contributed by atoms with van der Waals surface area (Å²) in [5.74, 6) is -0.693. The Morgan fingerprint density at radius 3 is 2.24 bits per heavy atom. The van der Waals surface area contributed by atoms with Crippen LogP contribution >= 0.6 is 11.6 Å². The predicted molar refractivity (Wildman–Crippen MR) is 175 cm³/mol. The molecule has 0 saturated carbocycles. The monoisotopic (exact) mass is 664 g/mol. The van der Waals surface area contributed by atoms with Crippen molar-refractivity contribution < 1.29 is 27.7 Å². The Morgan fingerprint density at radius 1 is 0.957 bits per heavy atom. The van der Waals surface area contributed by atoms with Crippen LogP contribution in [0.3, 0.4) is 0 Å². The van der Waals surface area contributed by atoms with Crippen molar-refractivity contribution in [1.29, 1.82) is 0 Å². The zero-order chi connectivity index (χ0) is 33.4. The molecule has 1 atom stereocenters. The van der Waals surface area contributed by atoms with Crippen molar-refractivity contribution in [3.8, 4) is 5.75 Å². The second kappa shape index (κ2) is 14.9. The number of anilines is 1. The molecule has 0 aliphatic carbocycles. The van der Waals surface area contributed by atoms with Crippen molar-refractivity contribution in [2.75, 3.05) is 25.0 Å². The number of aryl methyl sites for hydroxylation is 1. The Balaban J connectivity index is 1.83. The quantitative estimate of drug-likeness (QED) is 0.154. The number of benzene rings is 4. The minimum absolute atomic E-state index is 0.0587. The third-order valence-corrected chi connectivity index (χ3v) is 9.37. The van der Waals surface area contributed by atoms with Gasteiger partial charge in [0.05, 0.1) is 22.6 Å². The number of methoxy groups -OCH3 is 1. The molecule has 0 aliphatic rings. The van der Waals surface area contributed by atoms with Crippen LogP contribution in [0, 0.1) is 17.0 Å². The number of likely N-dealkylation sites (N-methyl/N-ethyl adjacent to an activating group) is 1. The first-order valence-electron chi connectivity index (χ1n) is 14.2. The zero-order valence-electron chi connectivity index (χ0n) is 25.4. The molecular formula is C33H33ClN4O7S. The van der Waals surface area contributed by atoms with Crippen molar-refractivity contribution in [3.05, 3.63) is 129 Å². The zero-order valence-corrected chi connectivity index (χ0v) is 27.0. The lowest BCUT2D eigenvalue weighted by atomic mass is 10.0. The van der Waals surface area contributed by atoms with Gasteiger partial charge < -0.3 is 15.0 Å². The fraction of sp³-hybridized carbons (Fsp3) is 0.212. The summed E-state index contributed by atoms with van der Waals surface area (Å²) in [6.45, 7) is 0.717. The van der Waals surface area contributed by atoms with Gasteiger partial charge in [-0.1, -0.05) is 60.1 Å². The molecule has 0 radical (unpaired) electrons. The van der Waals surface area contributed by atoms with Gasteiger partial charge in [-0.25, -0.2) is 8.42 Å². The smallest absolute Gasteiger partial charge is 0.273 e. The third kappa shape index (κ3) is 8.01. The first-order valence-corrected chi connectivity index (χ1v) is 16.0. The molecule has 0 fully saturated rings. The largest absolute Gasteiger partial charge is 0.497 e. The second-order valence-corrected chi connectivity index (χ2v) is 12.7. The summed E-state index contributed by atoms with van der Waals surface area (Å²) >= 11 is 6.24.